The molecule has 0 unspecified atom stereocenters. The van der Waals surface area contributed by atoms with E-state index in [9.17, 15) is 4.79 Å². The van der Waals surface area contributed by atoms with E-state index in [0.29, 0.717) is 0 Å². The minimum atomic E-state index is -0.177. The molecule has 0 rings (SSSR count). The zero-order valence-electron chi connectivity index (χ0n) is 6.81. The monoisotopic (exact) mass is 145 g/mol. The van der Waals surface area contributed by atoms with Crippen molar-refractivity contribution >= 4 is 5.97 Å². The Bertz CT molecular complexity index is 104. The highest BCUT2D eigenvalue weighted by Crippen LogP contribution is 1.96. The number of ether oxygens (including phenoxy) is 1. The van der Waals surface area contributed by atoms with Crippen LogP contribution in [0, 0.1) is 0 Å². The second kappa shape index (κ2) is 5.23. The minimum Gasteiger partial charge on any atom is -0.468 e. The summed E-state index contributed by atoms with van der Waals surface area (Å²) in [4.78, 5) is 10.8. The molecule has 0 saturated carbocycles. The van der Waals surface area contributed by atoms with Crippen LogP contribution in [0.25, 0.3) is 0 Å². The summed E-state index contributed by atoms with van der Waals surface area (Å²) in [6.45, 7) is 2.04. The number of rotatable bonds is 4. The molecule has 0 aliphatic carbocycles. The number of hydrogen-bond acceptors (Lipinski definition) is 3. The second-order valence-corrected chi connectivity index (χ2v) is 2.15. The smallest absolute Gasteiger partial charge is 0.322 e. The molecule has 0 bridgehead atoms. The average Bonchev–Trinajstić information content (AvgIpc) is 1.99. The summed E-state index contributed by atoms with van der Waals surface area (Å²) in [5.41, 5.74) is 0. The lowest BCUT2D eigenvalue weighted by Crippen LogP contribution is -2.34. The van der Waals surface area contributed by atoms with Crippen LogP contribution in [0.3, 0.4) is 0 Å². The maximum absolute atomic E-state index is 10.8. The molecule has 0 aliphatic rings. The molecule has 0 fully saturated rings. The molecule has 60 valence electrons. The van der Waals surface area contributed by atoms with Crippen molar-refractivity contribution < 1.29 is 9.53 Å². The molecule has 0 heterocycles. The van der Waals surface area contributed by atoms with E-state index in [1.807, 2.05) is 6.92 Å². The summed E-state index contributed by atoms with van der Waals surface area (Å²) in [5, 5.41) is 2.88. The van der Waals surface area contributed by atoms with Gasteiger partial charge in [0.2, 0.25) is 0 Å². The Morgan fingerprint density at radius 2 is 2.30 bits per heavy atom. The zero-order chi connectivity index (χ0) is 7.98. The predicted octanol–water partition coefficient (Wildman–Crippen LogP) is 0.547. The number of nitrogens with one attached hydrogen (secondary N) is 1. The lowest BCUT2D eigenvalue weighted by atomic mass is 10.2. The third-order valence-corrected chi connectivity index (χ3v) is 1.41. The van der Waals surface area contributed by atoms with Gasteiger partial charge in [0.1, 0.15) is 6.04 Å². The van der Waals surface area contributed by atoms with E-state index in [0.717, 1.165) is 12.8 Å². The van der Waals surface area contributed by atoms with Crippen molar-refractivity contribution in [3.05, 3.63) is 0 Å². The predicted molar refractivity (Wildman–Crippen MR) is 39.8 cm³/mol. The Balaban J connectivity index is 3.68. The fourth-order valence-corrected chi connectivity index (χ4v) is 0.811. The number of carbonyl (C=O) groups is 1. The Labute approximate surface area is 61.8 Å². The number of carbonyl (C=O) groups excluding carboxylic acids is 1. The van der Waals surface area contributed by atoms with Gasteiger partial charge in [-0.3, -0.25) is 4.79 Å². The maximum atomic E-state index is 10.8. The van der Waals surface area contributed by atoms with E-state index in [2.05, 4.69) is 10.1 Å². The normalized spacial score (nSPS) is 12.7. The van der Waals surface area contributed by atoms with Crippen LogP contribution in [0.1, 0.15) is 19.8 Å². The Morgan fingerprint density at radius 3 is 2.60 bits per heavy atom. The largest absolute Gasteiger partial charge is 0.468 e. The fraction of sp³-hybridized carbons (Fsp3) is 0.857. The lowest BCUT2D eigenvalue weighted by molar-refractivity contribution is -0.143. The van der Waals surface area contributed by atoms with E-state index in [1.165, 1.54) is 7.11 Å². The SMILES string of the molecule is CCC[C@H](NC)C(=O)OC. The van der Waals surface area contributed by atoms with Gasteiger partial charge in [0, 0.05) is 0 Å². The number of likely N-dealkylation sites (N-methyl/N-ethyl adjacent to an activating group) is 1. The Kier molecular flexibility index (Phi) is 4.94. The van der Waals surface area contributed by atoms with Crippen molar-refractivity contribution in [1.82, 2.24) is 5.32 Å². The van der Waals surface area contributed by atoms with Crippen molar-refractivity contribution in [3.63, 3.8) is 0 Å². The first-order valence-electron chi connectivity index (χ1n) is 3.51. The summed E-state index contributed by atoms with van der Waals surface area (Å²) in [6, 6.07) is -0.130. The first-order chi connectivity index (χ1) is 4.76. The third-order valence-electron chi connectivity index (χ3n) is 1.41. The van der Waals surface area contributed by atoms with Gasteiger partial charge in [-0.25, -0.2) is 0 Å². The molecule has 10 heavy (non-hydrogen) atoms. The van der Waals surface area contributed by atoms with Crippen molar-refractivity contribution in [2.24, 2.45) is 0 Å². The van der Waals surface area contributed by atoms with E-state index in [1.54, 1.807) is 7.05 Å². The molecule has 3 heteroatoms. The van der Waals surface area contributed by atoms with Crippen LogP contribution in [-0.4, -0.2) is 26.2 Å². The van der Waals surface area contributed by atoms with Gasteiger partial charge < -0.3 is 10.1 Å². The van der Waals surface area contributed by atoms with Crippen molar-refractivity contribution in [2.75, 3.05) is 14.2 Å². The van der Waals surface area contributed by atoms with Crippen molar-refractivity contribution in [2.45, 2.75) is 25.8 Å². The highest BCUT2D eigenvalue weighted by molar-refractivity contribution is 5.75. The molecule has 0 aromatic carbocycles. The molecular weight excluding hydrogens is 130 g/mol. The van der Waals surface area contributed by atoms with Crippen LogP contribution in [0.5, 0.6) is 0 Å². The second-order valence-electron chi connectivity index (χ2n) is 2.15. The van der Waals surface area contributed by atoms with Gasteiger partial charge >= 0.3 is 5.97 Å². The van der Waals surface area contributed by atoms with Gasteiger partial charge in [0.15, 0.2) is 0 Å². The van der Waals surface area contributed by atoms with Crippen LogP contribution in [0.2, 0.25) is 0 Å². The van der Waals surface area contributed by atoms with E-state index in [4.69, 9.17) is 0 Å². The molecule has 0 radical (unpaired) electrons. The van der Waals surface area contributed by atoms with E-state index < -0.39 is 0 Å². The van der Waals surface area contributed by atoms with Crippen LogP contribution >= 0.6 is 0 Å². The highest BCUT2D eigenvalue weighted by Gasteiger charge is 2.14. The molecular formula is C7H15NO2. The topological polar surface area (TPSA) is 38.3 Å². The molecule has 1 atom stereocenters. The summed E-state index contributed by atoms with van der Waals surface area (Å²) >= 11 is 0. The summed E-state index contributed by atoms with van der Waals surface area (Å²) < 4.78 is 4.55. The van der Waals surface area contributed by atoms with Crippen molar-refractivity contribution in [1.29, 1.82) is 0 Å². The minimum absolute atomic E-state index is 0.130. The highest BCUT2D eigenvalue weighted by atomic mass is 16.5. The summed E-state index contributed by atoms with van der Waals surface area (Å²) in [5.74, 6) is -0.177. The summed E-state index contributed by atoms with van der Waals surface area (Å²) in [7, 11) is 3.17. The van der Waals surface area contributed by atoms with Crippen LogP contribution in [0.15, 0.2) is 0 Å². The maximum Gasteiger partial charge on any atom is 0.322 e. The van der Waals surface area contributed by atoms with Crippen LogP contribution in [0.4, 0.5) is 0 Å². The van der Waals surface area contributed by atoms with Gasteiger partial charge in [0.05, 0.1) is 7.11 Å². The first-order valence-corrected chi connectivity index (χ1v) is 3.51. The molecule has 0 aromatic heterocycles. The van der Waals surface area contributed by atoms with Gasteiger partial charge in [-0.1, -0.05) is 13.3 Å². The Morgan fingerprint density at radius 1 is 1.70 bits per heavy atom. The zero-order valence-corrected chi connectivity index (χ0v) is 6.81. The van der Waals surface area contributed by atoms with Gasteiger partial charge in [-0.05, 0) is 13.5 Å². The number of esters is 1. The van der Waals surface area contributed by atoms with Crippen molar-refractivity contribution in [3.8, 4) is 0 Å². The van der Waals surface area contributed by atoms with Gasteiger partial charge in [-0.15, -0.1) is 0 Å². The molecule has 0 aliphatic heterocycles. The first kappa shape index (κ1) is 9.43. The van der Waals surface area contributed by atoms with E-state index in [-0.39, 0.29) is 12.0 Å². The number of hydrogen-bond donors (Lipinski definition) is 1. The lowest BCUT2D eigenvalue weighted by Gasteiger charge is -2.11. The van der Waals surface area contributed by atoms with Gasteiger partial charge in [-0.2, -0.15) is 0 Å². The molecule has 0 saturated heterocycles. The van der Waals surface area contributed by atoms with E-state index >= 15 is 0 Å². The van der Waals surface area contributed by atoms with Gasteiger partial charge in [0.25, 0.3) is 0 Å². The molecule has 0 amide bonds. The summed E-state index contributed by atoms with van der Waals surface area (Å²) in [6.07, 6.45) is 1.82. The standard InChI is InChI=1S/C7H15NO2/c1-4-5-6(8-2)7(9)10-3/h6,8H,4-5H2,1-3H3/t6-/m0/s1. The third kappa shape index (κ3) is 2.82. The molecule has 1 N–H and O–H groups in total. The molecule has 0 aromatic rings. The average molecular weight is 145 g/mol. The van der Waals surface area contributed by atoms with Crippen LogP contribution < -0.4 is 5.32 Å². The van der Waals surface area contributed by atoms with Crippen LogP contribution in [-0.2, 0) is 9.53 Å². The fourth-order valence-electron chi connectivity index (χ4n) is 0.811. The quantitative estimate of drug-likeness (QED) is 0.587. The molecule has 3 nitrogen and oxygen atoms in total. The molecule has 0 spiro atoms. The Hall–Kier alpha value is -0.570. The number of methoxy groups -OCH3 is 1.